The molecule has 1 atom stereocenters. The number of nitrogens with two attached hydrogens (primary N) is 1. The predicted molar refractivity (Wildman–Crippen MR) is 70.5 cm³/mol. The molecule has 0 saturated carbocycles. The van der Waals surface area contributed by atoms with Crippen molar-refractivity contribution in [2.45, 2.75) is 39.2 Å². The lowest BCUT2D eigenvalue weighted by Gasteiger charge is -2.24. The minimum Gasteiger partial charge on any atom is -0.352 e. The average Bonchev–Trinajstić information content (AvgIpc) is 2.27. The van der Waals surface area contributed by atoms with Crippen LogP contribution in [0.25, 0.3) is 0 Å². The molecule has 0 radical (unpaired) electrons. The molecule has 0 aliphatic carbocycles. The van der Waals surface area contributed by atoms with Gasteiger partial charge in [-0.3, -0.25) is 4.79 Å². The Morgan fingerprint density at radius 1 is 1.44 bits per heavy atom. The van der Waals surface area contributed by atoms with E-state index in [4.69, 9.17) is 5.73 Å². The van der Waals surface area contributed by atoms with E-state index in [2.05, 4.69) is 19.2 Å². The first-order chi connectivity index (χ1) is 7.63. The largest absolute Gasteiger partial charge is 0.352 e. The smallest absolute Gasteiger partial charge is 0.220 e. The number of carbonyl (C=O) groups is 1. The first-order valence-electron chi connectivity index (χ1n) is 6.20. The maximum absolute atomic E-state index is 11.8. The normalized spacial score (nSPS) is 19.8. The third-order valence-electron chi connectivity index (χ3n) is 3.22. The van der Waals surface area contributed by atoms with E-state index >= 15 is 0 Å². The monoisotopic (exact) mass is 244 g/mol. The third kappa shape index (κ3) is 4.74. The van der Waals surface area contributed by atoms with Crippen LogP contribution in [0.1, 0.15) is 33.1 Å². The van der Waals surface area contributed by atoms with Crippen LogP contribution in [0.3, 0.4) is 0 Å². The first-order valence-corrected chi connectivity index (χ1v) is 7.36. The minimum absolute atomic E-state index is 0.130. The zero-order chi connectivity index (χ0) is 12.0. The van der Waals surface area contributed by atoms with Crippen LogP contribution in [0, 0.1) is 11.8 Å². The lowest BCUT2D eigenvalue weighted by molar-refractivity contribution is -0.123. The standard InChI is InChI=1S/C12H24N2OS/c1-9(2)11(8-13)14-12(15)7-10-3-5-16-6-4-10/h9-11H,3-8,13H2,1-2H3,(H,14,15). The van der Waals surface area contributed by atoms with Crippen molar-refractivity contribution in [1.29, 1.82) is 0 Å². The average molecular weight is 244 g/mol. The first kappa shape index (κ1) is 13.8. The molecule has 1 saturated heterocycles. The van der Waals surface area contributed by atoms with Crippen molar-refractivity contribution in [2.75, 3.05) is 18.1 Å². The number of rotatable bonds is 5. The van der Waals surface area contributed by atoms with Crippen molar-refractivity contribution in [3.05, 3.63) is 0 Å². The maximum Gasteiger partial charge on any atom is 0.220 e. The van der Waals surface area contributed by atoms with Crippen LogP contribution in [0.2, 0.25) is 0 Å². The van der Waals surface area contributed by atoms with Gasteiger partial charge >= 0.3 is 0 Å². The molecule has 0 aromatic carbocycles. The van der Waals surface area contributed by atoms with E-state index in [1.807, 2.05) is 11.8 Å². The lowest BCUT2D eigenvalue weighted by Crippen LogP contribution is -2.44. The van der Waals surface area contributed by atoms with Crippen molar-refractivity contribution in [2.24, 2.45) is 17.6 Å². The Hall–Kier alpha value is -0.220. The van der Waals surface area contributed by atoms with Crippen LogP contribution < -0.4 is 11.1 Å². The number of carbonyl (C=O) groups excluding carboxylic acids is 1. The van der Waals surface area contributed by atoms with Gasteiger partial charge in [0.1, 0.15) is 0 Å². The van der Waals surface area contributed by atoms with Gasteiger partial charge in [-0.25, -0.2) is 0 Å². The molecule has 0 aromatic heterocycles. The van der Waals surface area contributed by atoms with Crippen molar-refractivity contribution in [1.82, 2.24) is 5.32 Å². The zero-order valence-electron chi connectivity index (χ0n) is 10.4. The van der Waals surface area contributed by atoms with Crippen LogP contribution in [0.4, 0.5) is 0 Å². The number of thioether (sulfide) groups is 1. The summed E-state index contributed by atoms with van der Waals surface area (Å²) < 4.78 is 0. The number of hydrogen-bond acceptors (Lipinski definition) is 3. The van der Waals surface area contributed by atoms with E-state index in [-0.39, 0.29) is 11.9 Å². The molecule has 3 nitrogen and oxygen atoms in total. The van der Waals surface area contributed by atoms with Gasteiger partial charge in [0.15, 0.2) is 0 Å². The topological polar surface area (TPSA) is 55.1 Å². The van der Waals surface area contributed by atoms with E-state index < -0.39 is 0 Å². The van der Waals surface area contributed by atoms with Crippen LogP contribution in [0.15, 0.2) is 0 Å². The summed E-state index contributed by atoms with van der Waals surface area (Å²) in [4.78, 5) is 11.8. The van der Waals surface area contributed by atoms with Crippen LogP contribution in [0.5, 0.6) is 0 Å². The number of hydrogen-bond donors (Lipinski definition) is 2. The van der Waals surface area contributed by atoms with Gasteiger partial charge in [0, 0.05) is 19.0 Å². The molecule has 94 valence electrons. The molecule has 1 aliphatic heterocycles. The highest BCUT2D eigenvalue weighted by atomic mass is 32.2. The molecule has 1 unspecified atom stereocenters. The Morgan fingerprint density at radius 2 is 2.06 bits per heavy atom. The molecule has 3 N–H and O–H groups in total. The highest BCUT2D eigenvalue weighted by Crippen LogP contribution is 2.25. The van der Waals surface area contributed by atoms with E-state index in [0.717, 1.165) is 0 Å². The number of nitrogens with one attached hydrogen (secondary N) is 1. The van der Waals surface area contributed by atoms with Gasteiger partial charge in [0.2, 0.25) is 5.91 Å². The highest BCUT2D eigenvalue weighted by Gasteiger charge is 2.20. The summed E-state index contributed by atoms with van der Waals surface area (Å²) in [5.74, 6) is 3.61. The molecule has 1 rings (SSSR count). The second-order valence-corrected chi connectivity index (χ2v) is 6.14. The molecule has 1 amide bonds. The number of amides is 1. The van der Waals surface area contributed by atoms with Gasteiger partial charge in [-0.15, -0.1) is 0 Å². The quantitative estimate of drug-likeness (QED) is 0.772. The third-order valence-corrected chi connectivity index (χ3v) is 4.27. The Labute approximate surface area is 103 Å². The molecule has 1 heterocycles. The second kappa shape index (κ2) is 7.17. The fourth-order valence-electron chi connectivity index (χ4n) is 1.98. The van der Waals surface area contributed by atoms with Crippen molar-refractivity contribution < 1.29 is 4.79 Å². The fourth-order valence-corrected chi connectivity index (χ4v) is 3.18. The van der Waals surface area contributed by atoms with Crippen LogP contribution in [-0.4, -0.2) is 30.0 Å². The van der Waals surface area contributed by atoms with Gasteiger partial charge in [0.25, 0.3) is 0 Å². The Morgan fingerprint density at radius 3 is 2.56 bits per heavy atom. The van der Waals surface area contributed by atoms with Crippen LogP contribution >= 0.6 is 11.8 Å². The SMILES string of the molecule is CC(C)C(CN)NC(=O)CC1CCSCC1. The van der Waals surface area contributed by atoms with Gasteiger partial charge in [0.05, 0.1) is 0 Å². The molecule has 16 heavy (non-hydrogen) atoms. The summed E-state index contributed by atoms with van der Waals surface area (Å²) in [6, 6.07) is 0.130. The van der Waals surface area contributed by atoms with Gasteiger partial charge < -0.3 is 11.1 Å². The van der Waals surface area contributed by atoms with Crippen LogP contribution in [-0.2, 0) is 4.79 Å². The van der Waals surface area contributed by atoms with E-state index in [0.29, 0.717) is 24.8 Å². The van der Waals surface area contributed by atoms with E-state index in [1.165, 1.54) is 24.3 Å². The zero-order valence-corrected chi connectivity index (χ0v) is 11.2. The summed E-state index contributed by atoms with van der Waals surface area (Å²) in [5.41, 5.74) is 5.64. The molecule has 0 spiro atoms. The Kier molecular flexibility index (Phi) is 6.21. The summed E-state index contributed by atoms with van der Waals surface area (Å²) >= 11 is 2.00. The summed E-state index contributed by atoms with van der Waals surface area (Å²) in [5, 5.41) is 3.04. The molecular weight excluding hydrogens is 220 g/mol. The summed E-state index contributed by atoms with van der Waals surface area (Å²) in [6.45, 7) is 4.72. The van der Waals surface area contributed by atoms with Gasteiger partial charge in [-0.1, -0.05) is 13.8 Å². The Bertz CT molecular complexity index is 215. The maximum atomic E-state index is 11.8. The van der Waals surface area contributed by atoms with Gasteiger partial charge in [-0.05, 0) is 36.2 Å². The van der Waals surface area contributed by atoms with E-state index in [9.17, 15) is 4.79 Å². The van der Waals surface area contributed by atoms with Crippen molar-refractivity contribution >= 4 is 17.7 Å². The molecule has 0 aromatic rings. The lowest BCUT2D eigenvalue weighted by atomic mass is 9.97. The molecule has 1 fully saturated rings. The summed E-state index contributed by atoms with van der Waals surface area (Å²) in [6.07, 6.45) is 3.06. The highest BCUT2D eigenvalue weighted by molar-refractivity contribution is 7.99. The Balaban J connectivity index is 2.28. The fraction of sp³-hybridized carbons (Fsp3) is 0.917. The van der Waals surface area contributed by atoms with Crippen molar-refractivity contribution in [3.8, 4) is 0 Å². The van der Waals surface area contributed by atoms with E-state index in [1.54, 1.807) is 0 Å². The molecule has 0 bridgehead atoms. The molecular formula is C12H24N2OS. The second-order valence-electron chi connectivity index (χ2n) is 4.91. The molecule has 4 heteroatoms. The minimum atomic E-state index is 0.130. The van der Waals surface area contributed by atoms with Crippen molar-refractivity contribution in [3.63, 3.8) is 0 Å². The summed E-state index contributed by atoms with van der Waals surface area (Å²) in [7, 11) is 0. The molecule has 1 aliphatic rings. The predicted octanol–water partition coefficient (Wildman–Crippen LogP) is 1.62. The van der Waals surface area contributed by atoms with Gasteiger partial charge in [-0.2, -0.15) is 11.8 Å².